The standard InChI is InChI=1S/C24H18N2O3/c1-29-24(28)20-13-23(26-22-10-11-25-14-21(20)22)17-8-6-16(7-9-17)4-2-3-5-18-12-19(18)15-27/h6-11,13-14,18-19,27H,12,15H2,1H3/t18-,19+/m1/s1. The zero-order chi connectivity index (χ0) is 20.2. The Balaban J connectivity index is 1.59. The summed E-state index contributed by atoms with van der Waals surface area (Å²) in [4.78, 5) is 20.9. The van der Waals surface area contributed by atoms with Crippen LogP contribution in [0.1, 0.15) is 22.3 Å². The molecule has 1 saturated carbocycles. The number of hydrogen-bond donors (Lipinski definition) is 1. The quantitative estimate of drug-likeness (QED) is 0.557. The number of fused-ring (bicyclic) bond motifs is 1. The van der Waals surface area contributed by atoms with Crippen LogP contribution in [-0.2, 0) is 4.74 Å². The molecular weight excluding hydrogens is 364 g/mol. The predicted molar refractivity (Wildman–Crippen MR) is 110 cm³/mol. The van der Waals surface area contributed by atoms with E-state index in [2.05, 4.69) is 33.6 Å². The van der Waals surface area contributed by atoms with Crippen LogP contribution in [0.3, 0.4) is 0 Å². The lowest BCUT2D eigenvalue weighted by atomic mass is 10.0. The molecule has 0 unspecified atom stereocenters. The van der Waals surface area contributed by atoms with Gasteiger partial charge in [0.2, 0.25) is 0 Å². The minimum absolute atomic E-state index is 0.200. The molecule has 5 nitrogen and oxygen atoms in total. The molecular formula is C24H18N2O3. The number of aliphatic hydroxyl groups excluding tert-OH is 1. The molecule has 1 fully saturated rings. The molecule has 1 N–H and O–H groups in total. The van der Waals surface area contributed by atoms with E-state index >= 15 is 0 Å². The van der Waals surface area contributed by atoms with Crippen molar-refractivity contribution in [1.29, 1.82) is 0 Å². The van der Waals surface area contributed by atoms with Crippen LogP contribution in [0.4, 0.5) is 0 Å². The maximum absolute atomic E-state index is 12.2. The van der Waals surface area contributed by atoms with Crippen LogP contribution < -0.4 is 0 Å². The van der Waals surface area contributed by atoms with Crippen molar-refractivity contribution in [1.82, 2.24) is 9.97 Å². The number of aliphatic hydroxyl groups is 1. The molecule has 2 heterocycles. The Labute approximate surface area is 168 Å². The summed E-state index contributed by atoms with van der Waals surface area (Å²) in [5, 5.41) is 9.67. The molecule has 2 aromatic heterocycles. The molecule has 0 aliphatic heterocycles. The van der Waals surface area contributed by atoms with Gasteiger partial charge in [-0.1, -0.05) is 24.0 Å². The number of hydrogen-bond acceptors (Lipinski definition) is 5. The average molecular weight is 382 g/mol. The molecule has 0 saturated heterocycles. The van der Waals surface area contributed by atoms with E-state index in [9.17, 15) is 4.79 Å². The van der Waals surface area contributed by atoms with Gasteiger partial charge in [-0.2, -0.15) is 0 Å². The molecule has 29 heavy (non-hydrogen) atoms. The average Bonchev–Trinajstić information content (AvgIpc) is 3.54. The van der Waals surface area contributed by atoms with Crippen molar-refractivity contribution in [2.45, 2.75) is 6.42 Å². The lowest BCUT2D eigenvalue weighted by molar-refractivity contribution is 0.0603. The zero-order valence-corrected chi connectivity index (χ0v) is 15.8. The van der Waals surface area contributed by atoms with E-state index in [1.165, 1.54) is 7.11 Å². The summed E-state index contributed by atoms with van der Waals surface area (Å²) in [5.74, 6) is 12.0. The number of carbonyl (C=O) groups is 1. The summed E-state index contributed by atoms with van der Waals surface area (Å²) in [5.41, 5.74) is 3.50. The van der Waals surface area contributed by atoms with Crippen molar-refractivity contribution < 1.29 is 14.6 Å². The molecule has 0 bridgehead atoms. The van der Waals surface area contributed by atoms with Gasteiger partial charge in [0.05, 0.1) is 23.9 Å². The second-order valence-electron chi connectivity index (χ2n) is 6.82. The maximum Gasteiger partial charge on any atom is 0.338 e. The van der Waals surface area contributed by atoms with Crippen molar-refractivity contribution >= 4 is 16.9 Å². The van der Waals surface area contributed by atoms with Crippen molar-refractivity contribution in [3.63, 3.8) is 0 Å². The SMILES string of the molecule is COC(=O)c1cc(-c2ccc(C#CC#C[C@@H]3C[C@H]3CO)cc2)nc2ccncc12. The molecule has 5 heteroatoms. The Morgan fingerprint density at radius 2 is 2.07 bits per heavy atom. The number of carbonyl (C=O) groups excluding carboxylic acids is 1. The smallest absolute Gasteiger partial charge is 0.338 e. The summed E-state index contributed by atoms with van der Waals surface area (Å²) in [6.07, 6.45) is 4.22. The van der Waals surface area contributed by atoms with Gasteiger partial charge in [-0.15, -0.1) is 0 Å². The summed E-state index contributed by atoms with van der Waals surface area (Å²) in [7, 11) is 1.36. The van der Waals surface area contributed by atoms with Crippen LogP contribution in [0.2, 0.25) is 0 Å². The first kappa shape index (κ1) is 18.7. The Morgan fingerprint density at radius 3 is 2.79 bits per heavy atom. The zero-order valence-electron chi connectivity index (χ0n) is 15.8. The topological polar surface area (TPSA) is 72.3 Å². The first-order valence-electron chi connectivity index (χ1n) is 9.25. The van der Waals surface area contributed by atoms with Crippen molar-refractivity contribution in [3.8, 4) is 34.9 Å². The number of ether oxygens (including phenoxy) is 1. The van der Waals surface area contributed by atoms with Gasteiger partial charge in [0.15, 0.2) is 0 Å². The fourth-order valence-electron chi connectivity index (χ4n) is 3.08. The van der Waals surface area contributed by atoms with Gasteiger partial charge in [-0.3, -0.25) is 4.98 Å². The number of aromatic nitrogens is 2. The van der Waals surface area contributed by atoms with E-state index in [1.54, 1.807) is 24.5 Å². The fraction of sp³-hybridized carbons (Fsp3) is 0.208. The Hall–Kier alpha value is -3.67. The molecule has 0 amide bonds. The minimum atomic E-state index is -0.424. The number of pyridine rings is 2. The third-order valence-corrected chi connectivity index (χ3v) is 4.88. The summed E-state index contributed by atoms with van der Waals surface area (Å²) < 4.78 is 4.90. The van der Waals surface area contributed by atoms with Crippen LogP contribution in [0.15, 0.2) is 48.8 Å². The van der Waals surface area contributed by atoms with Gasteiger partial charge in [-0.25, -0.2) is 9.78 Å². The number of esters is 1. The highest BCUT2D eigenvalue weighted by molar-refractivity contribution is 6.04. The normalized spacial score (nSPS) is 16.9. The van der Waals surface area contributed by atoms with Crippen LogP contribution >= 0.6 is 0 Å². The first-order valence-corrected chi connectivity index (χ1v) is 9.25. The highest BCUT2D eigenvalue weighted by atomic mass is 16.5. The van der Waals surface area contributed by atoms with Crippen LogP contribution in [0, 0.1) is 35.5 Å². The van der Waals surface area contributed by atoms with Crippen molar-refractivity contribution in [3.05, 3.63) is 59.9 Å². The van der Waals surface area contributed by atoms with E-state index in [0.29, 0.717) is 28.1 Å². The van der Waals surface area contributed by atoms with E-state index in [-0.39, 0.29) is 12.5 Å². The number of benzene rings is 1. The summed E-state index contributed by atoms with van der Waals surface area (Å²) in [6, 6.07) is 11.1. The van der Waals surface area contributed by atoms with Crippen LogP contribution in [-0.4, -0.2) is 34.8 Å². The monoisotopic (exact) mass is 382 g/mol. The fourth-order valence-corrected chi connectivity index (χ4v) is 3.08. The highest BCUT2D eigenvalue weighted by Crippen LogP contribution is 2.36. The van der Waals surface area contributed by atoms with Crippen molar-refractivity contribution in [2.24, 2.45) is 11.8 Å². The molecule has 4 rings (SSSR count). The lowest BCUT2D eigenvalue weighted by Crippen LogP contribution is -2.04. The Kier molecular flexibility index (Phi) is 5.24. The maximum atomic E-state index is 12.2. The lowest BCUT2D eigenvalue weighted by Gasteiger charge is -2.08. The van der Waals surface area contributed by atoms with E-state index in [0.717, 1.165) is 17.5 Å². The summed E-state index contributed by atoms with van der Waals surface area (Å²) >= 11 is 0. The van der Waals surface area contributed by atoms with Gasteiger partial charge >= 0.3 is 5.97 Å². The van der Waals surface area contributed by atoms with Gasteiger partial charge in [-0.05, 0) is 48.4 Å². The molecule has 0 radical (unpaired) electrons. The van der Waals surface area contributed by atoms with Crippen molar-refractivity contribution in [2.75, 3.05) is 13.7 Å². The van der Waals surface area contributed by atoms with Gasteiger partial charge < -0.3 is 9.84 Å². The van der Waals surface area contributed by atoms with E-state index in [4.69, 9.17) is 9.84 Å². The second kappa shape index (κ2) is 8.14. The van der Waals surface area contributed by atoms with E-state index in [1.807, 2.05) is 24.3 Å². The van der Waals surface area contributed by atoms with Gasteiger partial charge in [0.1, 0.15) is 0 Å². The molecule has 3 aromatic rings. The number of methoxy groups -OCH3 is 1. The molecule has 1 aliphatic rings. The third kappa shape index (κ3) is 4.11. The number of nitrogens with zero attached hydrogens (tertiary/aromatic N) is 2. The molecule has 1 aromatic carbocycles. The largest absolute Gasteiger partial charge is 0.465 e. The molecule has 2 atom stereocenters. The minimum Gasteiger partial charge on any atom is -0.465 e. The molecule has 1 aliphatic carbocycles. The molecule has 0 spiro atoms. The van der Waals surface area contributed by atoms with E-state index < -0.39 is 5.97 Å². The first-order chi connectivity index (χ1) is 14.2. The van der Waals surface area contributed by atoms with Crippen LogP contribution in [0.25, 0.3) is 22.2 Å². The Morgan fingerprint density at radius 1 is 1.24 bits per heavy atom. The highest BCUT2D eigenvalue weighted by Gasteiger charge is 2.34. The third-order valence-electron chi connectivity index (χ3n) is 4.88. The summed E-state index contributed by atoms with van der Waals surface area (Å²) in [6.45, 7) is 0.200. The Bertz CT molecular complexity index is 1190. The van der Waals surface area contributed by atoms with Gasteiger partial charge in [0, 0.05) is 41.4 Å². The van der Waals surface area contributed by atoms with Crippen LogP contribution in [0.5, 0.6) is 0 Å². The number of rotatable bonds is 3. The second-order valence-corrected chi connectivity index (χ2v) is 6.82. The predicted octanol–water partition coefficient (Wildman–Crippen LogP) is 3.07. The molecule has 142 valence electrons. The van der Waals surface area contributed by atoms with Gasteiger partial charge in [0.25, 0.3) is 0 Å².